The van der Waals surface area contributed by atoms with E-state index in [1.165, 1.54) is 83.5 Å². The molecular weight excluding hydrogens is 570 g/mol. The first-order valence-corrected chi connectivity index (χ1v) is 18.2. The van der Waals surface area contributed by atoms with Crippen LogP contribution in [-0.2, 0) is 28.6 Å². The lowest BCUT2D eigenvalue weighted by molar-refractivity contribution is -0.887. The number of carbonyl (C=O) groups is 3. The van der Waals surface area contributed by atoms with E-state index < -0.39 is 18.1 Å². The van der Waals surface area contributed by atoms with Crippen LogP contribution in [0.3, 0.4) is 0 Å². The summed E-state index contributed by atoms with van der Waals surface area (Å²) in [7, 11) is 5.50. The average Bonchev–Trinajstić information content (AvgIpc) is 2.98. The summed E-state index contributed by atoms with van der Waals surface area (Å²) >= 11 is 0. The maximum atomic E-state index is 12.5. The highest BCUT2D eigenvalue weighted by atomic mass is 16.6. The molecule has 0 aliphatic carbocycles. The van der Waals surface area contributed by atoms with Crippen molar-refractivity contribution in [2.45, 2.75) is 167 Å². The zero-order valence-electron chi connectivity index (χ0n) is 29.8. The summed E-state index contributed by atoms with van der Waals surface area (Å²) in [5, 5.41) is 9.52. The topological polar surface area (TPSA) is 99.1 Å². The van der Waals surface area contributed by atoms with Crippen LogP contribution < -0.4 is 0 Å². The second kappa shape index (κ2) is 29.5. The second-order valence-electron chi connectivity index (χ2n) is 13.5. The molecule has 0 amide bonds. The number of carboxylic acid groups (broad SMARTS) is 1. The number of nitrogens with zero attached hydrogens (tertiary/aromatic N) is 1. The van der Waals surface area contributed by atoms with E-state index in [4.69, 9.17) is 14.2 Å². The first kappa shape index (κ1) is 43.1. The number of carbonyl (C=O) groups excluding carboxylic acids is 2. The van der Waals surface area contributed by atoms with Crippen molar-refractivity contribution in [3.05, 3.63) is 12.2 Å². The van der Waals surface area contributed by atoms with Gasteiger partial charge in [0.2, 0.25) is 0 Å². The summed E-state index contributed by atoms with van der Waals surface area (Å²) in [5.74, 6) is -1.50. The molecule has 0 saturated heterocycles. The fraction of sp³-hybridized carbons (Fsp3) is 0.865. The van der Waals surface area contributed by atoms with Gasteiger partial charge < -0.3 is 23.8 Å². The number of hydrogen-bond acceptors (Lipinski definition) is 6. The molecule has 0 aliphatic heterocycles. The number of quaternary nitrogens is 1. The van der Waals surface area contributed by atoms with E-state index in [1.807, 2.05) is 21.1 Å². The van der Waals surface area contributed by atoms with Crippen LogP contribution in [0.2, 0.25) is 0 Å². The van der Waals surface area contributed by atoms with E-state index >= 15 is 0 Å². The van der Waals surface area contributed by atoms with Crippen molar-refractivity contribution in [1.29, 1.82) is 0 Å². The Labute approximate surface area is 276 Å². The van der Waals surface area contributed by atoms with Gasteiger partial charge in [0, 0.05) is 19.3 Å². The lowest BCUT2D eigenvalue weighted by Gasteiger charge is -2.31. The number of hydrogen-bond donors (Lipinski definition) is 1. The fourth-order valence-corrected chi connectivity index (χ4v) is 5.26. The van der Waals surface area contributed by atoms with Crippen LogP contribution in [0.25, 0.3) is 0 Å². The van der Waals surface area contributed by atoms with Crippen LogP contribution >= 0.6 is 0 Å². The van der Waals surface area contributed by atoms with Gasteiger partial charge in [0.1, 0.15) is 6.61 Å². The lowest BCUT2D eigenvalue weighted by atomic mass is 10.1. The van der Waals surface area contributed by atoms with Crippen molar-refractivity contribution in [3.8, 4) is 0 Å². The van der Waals surface area contributed by atoms with Crippen molar-refractivity contribution < 1.29 is 38.2 Å². The maximum Gasteiger partial charge on any atom is 0.362 e. The predicted molar refractivity (Wildman–Crippen MR) is 183 cm³/mol. The highest BCUT2D eigenvalue weighted by molar-refractivity contribution is 5.72. The molecule has 264 valence electrons. The number of unbranched alkanes of at least 4 members (excludes halogenated alkanes) is 16. The minimum Gasteiger partial charge on any atom is -0.477 e. The van der Waals surface area contributed by atoms with Crippen LogP contribution in [0.15, 0.2) is 12.2 Å². The number of aliphatic carboxylic acids is 1. The number of carboxylic acids is 1. The monoisotopic (exact) mass is 641 g/mol. The van der Waals surface area contributed by atoms with Gasteiger partial charge in [-0.15, -0.1) is 0 Å². The third-order valence-electron chi connectivity index (χ3n) is 8.16. The van der Waals surface area contributed by atoms with Gasteiger partial charge in [0.25, 0.3) is 0 Å². The normalized spacial score (nSPS) is 13.2. The minimum atomic E-state index is -0.878. The second-order valence-corrected chi connectivity index (χ2v) is 13.5. The van der Waals surface area contributed by atoms with Gasteiger partial charge in [-0.2, -0.15) is 0 Å². The Morgan fingerprint density at radius 2 is 1.11 bits per heavy atom. The molecule has 0 heterocycles. The molecule has 1 N–H and O–H groups in total. The van der Waals surface area contributed by atoms with E-state index in [-0.39, 0.29) is 36.2 Å². The lowest BCUT2D eigenvalue weighted by Crippen LogP contribution is -2.50. The highest BCUT2D eigenvalue weighted by Crippen LogP contribution is 2.13. The Hall–Kier alpha value is -1.93. The van der Waals surface area contributed by atoms with Gasteiger partial charge in [-0.05, 0) is 38.5 Å². The maximum absolute atomic E-state index is 12.5. The molecule has 0 saturated carbocycles. The first-order chi connectivity index (χ1) is 21.6. The molecule has 45 heavy (non-hydrogen) atoms. The molecule has 8 nitrogen and oxygen atoms in total. The zero-order valence-corrected chi connectivity index (χ0v) is 29.8. The third kappa shape index (κ3) is 28.1. The molecule has 0 rings (SSSR count). The van der Waals surface area contributed by atoms with Gasteiger partial charge in [-0.3, -0.25) is 9.59 Å². The van der Waals surface area contributed by atoms with Crippen molar-refractivity contribution in [3.63, 3.8) is 0 Å². The van der Waals surface area contributed by atoms with E-state index in [1.54, 1.807) is 0 Å². The summed E-state index contributed by atoms with van der Waals surface area (Å²) in [6, 6.07) is -0.608. The van der Waals surface area contributed by atoms with Crippen molar-refractivity contribution in [2.24, 2.45) is 0 Å². The van der Waals surface area contributed by atoms with Crippen molar-refractivity contribution in [2.75, 3.05) is 41.0 Å². The van der Waals surface area contributed by atoms with Crippen LogP contribution in [0.5, 0.6) is 0 Å². The first-order valence-electron chi connectivity index (χ1n) is 18.2. The minimum absolute atomic E-state index is 0.0529. The van der Waals surface area contributed by atoms with Gasteiger partial charge in [0.05, 0.1) is 34.4 Å². The quantitative estimate of drug-likeness (QED) is 0.0339. The fourth-order valence-electron chi connectivity index (χ4n) is 5.26. The van der Waals surface area contributed by atoms with E-state index in [0.717, 1.165) is 38.5 Å². The van der Waals surface area contributed by atoms with E-state index in [9.17, 15) is 19.5 Å². The van der Waals surface area contributed by atoms with E-state index in [2.05, 4.69) is 26.0 Å². The van der Waals surface area contributed by atoms with Crippen LogP contribution in [0, 0.1) is 0 Å². The third-order valence-corrected chi connectivity index (χ3v) is 8.16. The van der Waals surface area contributed by atoms with Crippen LogP contribution in [0.1, 0.15) is 155 Å². The standard InChI is InChI=1S/C37H69NO7/c1-6-8-10-11-12-13-14-15-16-17-18-19-20-21-22-23-24-26-28-36(40)45-33(32-44-35(39)27-25-9-7-2)31-43-30-29-34(37(41)42)38(3,4)5/h16-17,33-34H,6-15,18-32H2,1-5H3/p+1/b17-16-. The summed E-state index contributed by atoms with van der Waals surface area (Å²) in [4.78, 5) is 36.2. The summed E-state index contributed by atoms with van der Waals surface area (Å²) in [5.41, 5.74) is 0. The molecule has 0 aromatic heterocycles. The van der Waals surface area contributed by atoms with Crippen LogP contribution in [-0.4, -0.2) is 80.6 Å². The number of allylic oxidation sites excluding steroid dienone is 2. The molecule has 0 fully saturated rings. The highest BCUT2D eigenvalue weighted by Gasteiger charge is 2.31. The Morgan fingerprint density at radius 3 is 1.64 bits per heavy atom. The molecule has 0 aliphatic rings. The smallest absolute Gasteiger partial charge is 0.362 e. The number of esters is 2. The predicted octanol–water partition coefficient (Wildman–Crippen LogP) is 8.80. The van der Waals surface area contributed by atoms with E-state index in [0.29, 0.717) is 19.3 Å². The van der Waals surface area contributed by atoms with Crippen molar-refractivity contribution in [1.82, 2.24) is 0 Å². The average molecular weight is 641 g/mol. The Kier molecular flexibility index (Phi) is 28.2. The number of likely N-dealkylation sites (N-methyl/N-ethyl adjacent to an activating group) is 1. The number of ether oxygens (including phenoxy) is 3. The molecule has 0 bridgehead atoms. The van der Waals surface area contributed by atoms with Gasteiger partial charge in [-0.1, -0.05) is 109 Å². The Balaban J connectivity index is 4.17. The molecule has 2 unspecified atom stereocenters. The SMILES string of the molecule is CCCCCCCCC/C=C\CCCCCCCCCC(=O)OC(COCCC(C(=O)O)[N+](C)(C)C)COC(=O)CCCCC. The Morgan fingerprint density at radius 1 is 0.644 bits per heavy atom. The molecule has 0 aromatic carbocycles. The summed E-state index contributed by atoms with van der Waals surface area (Å²) in [6.45, 7) is 4.55. The Bertz CT molecular complexity index is 762. The van der Waals surface area contributed by atoms with Gasteiger partial charge >= 0.3 is 17.9 Å². The number of rotatable bonds is 32. The molecule has 0 spiro atoms. The van der Waals surface area contributed by atoms with Crippen molar-refractivity contribution >= 4 is 17.9 Å². The summed E-state index contributed by atoms with van der Waals surface area (Å²) in [6.07, 6.45) is 27.5. The molecular formula is C37H70NO7+. The molecule has 2 atom stereocenters. The zero-order chi connectivity index (χ0) is 33.6. The molecule has 0 radical (unpaired) electrons. The molecule has 8 heteroatoms. The van der Waals surface area contributed by atoms with Crippen LogP contribution in [0.4, 0.5) is 0 Å². The molecule has 0 aromatic rings. The van der Waals surface area contributed by atoms with Gasteiger partial charge in [0.15, 0.2) is 12.1 Å². The summed E-state index contributed by atoms with van der Waals surface area (Å²) < 4.78 is 17.0. The van der Waals surface area contributed by atoms with Gasteiger partial charge in [-0.25, -0.2) is 4.79 Å². The largest absolute Gasteiger partial charge is 0.477 e.